The van der Waals surface area contributed by atoms with E-state index in [4.69, 9.17) is 19.6 Å². The lowest BCUT2D eigenvalue weighted by atomic mass is 10.1. The minimum absolute atomic E-state index is 0.00520. The summed E-state index contributed by atoms with van der Waals surface area (Å²) >= 11 is 1.37. The minimum atomic E-state index is -1.26. The van der Waals surface area contributed by atoms with Gasteiger partial charge in [-0.15, -0.1) is 5.10 Å². The minimum Gasteiger partial charge on any atom is -0.443 e. The zero-order chi connectivity index (χ0) is 31.1. The number of fused-ring (bicyclic) bond motifs is 1. The van der Waals surface area contributed by atoms with Gasteiger partial charge in [0.2, 0.25) is 0 Å². The molecule has 0 unspecified atom stereocenters. The van der Waals surface area contributed by atoms with Crippen LogP contribution in [0.3, 0.4) is 0 Å². The summed E-state index contributed by atoms with van der Waals surface area (Å²) in [5, 5.41) is 39.5. The fraction of sp³-hybridized carbons (Fsp3) is 0.607. The maximum absolute atomic E-state index is 14.1. The van der Waals surface area contributed by atoms with Crippen molar-refractivity contribution in [1.82, 2.24) is 25.0 Å². The van der Waals surface area contributed by atoms with Gasteiger partial charge in [-0.3, -0.25) is 4.90 Å². The third kappa shape index (κ3) is 6.60. The molecule has 2 fully saturated rings. The average molecular weight is 623 g/mol. The van der Waals surface area contributed by atoms with E-state index in [-0.39, 0.29) is 42.5 Å². The zero-order valence-corrected chi connectivity index (χ0v) is 25.2. The first-order valence-corrected chi connectivity index (χ1v) is 15.2. The van der Waals surface area contributed by atoms with E-state index >= 15 is 0 Å². The van der Waals surface area contributed by atoms with Crippen molar-refractivity contribution >= 4 is 34.8 Å². The lowest BCUT2D eigenvalue weighted by Gasteiger charge is -2.27. The first kappa shape index (κ1) is 31.4. The maximum atomic E-state index is 14.1. The van der Waals surface area contributed by atoms with Gasteiger partial charge in [0.15, 0.2) is 33.8 Å². The monoisotopic (exact) mass is 622 g/mol. The molecule has 0 saturated heterocycles. The lowest BCUT2D eigenvalue weighted by molar-refractivity contribution is -0.0629. The highest BCUT2D eigenvalue weighted by Crippen LogP contribution is 2.48. The predicted molar refractivity (Wildman–Crippen MR) is 153 cm³/mol. The highest BCUT2D eigenvalue weighted by Gasteiger charge is 2.49. The molecule has 0 radical (unpaired) electrons. The number of nitrogens with zero attached hydrogens (tertiary/aromatic N) is 6. The summed E-state index contributed by atoms with van der Waals surface area (Å²) in [7, 11) is 0. The molecule has 12 nitrogen and oxygen atoms in total. The number of anilines is 1. The first-order chi connectivity index (χ1) is 20.4. The van der Waals surface area contributed by atoms with Crippen molar-refractivity contribution in [3.63, 3.8) is 0 Å². The van der Waals surface area contributed by atoms with E-state index < -0.39 is 53.7 Å². The molecule has 2 aliphatic rings. The number of benzene rings is 1. The van der Waals surface area contributed by atoms with Crippen LogP contribution >= 0.6 is 11.8 Å². The molecule has 43 heavy (non-hydrogen) atoms. The Morgan fingerprint density at radius 3 is 2.60 bits per heavy atom. The second-order valence-electron chi connectivity index (χ2n) is 11.7. The molecule has 0 spiro atoms. The summed E-state index contributed by atoms with van der Waals surface area (Å²) in [5.41, 5.74) is 0.0909. The molecule has 2 aromatic heterocycles. The van der Waals surface area contributed by atoms with Gasteiger partial charge < -0.3 is 24.8 Å². The number of rotatable bonds is 10. The number of aromatic nitrogens is 5. The first-order valence-electron chi connectivity index (χ1n) is 14.2. The molecule has 3 aromatic rings. The smallest absolute Gasteiger partial charge is 0.416 e. The highest BCUT2D eigenvalue weighted by molar-refractivity contribution is 7.99. The number of aliphatic hydroxyl groups is 3. The van der Waals surface area contributed by atoms with Gasteiger partial charge in [0, 0.05) is 24.1 Å². The van der Waals surface area contributed by atoms with E-state index in [1.165, 1.54) is 27.4 Å². The van der Waals surface area contributed by atoms with Gasteiger partial charge in [0.25, 0.3) is 0 Å². The topological polar surface area (TPSA) is 156 Å². The van der Waals surface area contributed by atoms with E-state index in [1.807, 2.05) is 6.92 Å². The molecule has 15 heteroatoms. The largest absolute Gasteiger partial charge is 0.443 e. The van der Waals surface area contributed by atoms with Gasteiger partial charge in [-0.2, -0.15) is 0 Å². The van der Waals surface area contributed by atoms with Gasteiger partial charge in [0.05, 0.1) is 25.4 Å². The van der Waals surface area contributed by atoms with Crippen LogP contribution in [0, 0.1) is 11.6 Å². The Labute approximate surface area is 251 Å². The number of carbonyl (C=O) groups is 1. The molecular formula is C28H36F2N6O6S. The number of hydrogen-bond donors (Lipinski definition) is 3. The van der Waals surface area contributed by atoms with Crippen LogP contribution in [0.1, 0.15) is 64.5 Å². The van der Waals surface area contributed by atoms with E-state index in [0.717, 1.165) is 18.6 Å². The summed E-state index contributed by atoms with van der Waals surface area (Å²) < 4.78 is 40.4. The van der Waals surface area contributed by atoms with Crippen LogP contribution < -0.4 is 4.90 Å². The quantitative estimate of drug-likeness (QED) is 0.225. The van der Waals surface area contributed by atoms with Gasteiger partial charge in [0.1, 0.15) is 17.8 Å². The molecule has 5 rings (SSSR count). The Morgan fingerprint density at radius 2 is 1.93 bits per heavy atom. The van der Waals surface area contributed by atoms with Gasteiger partial charge in [-0.1, -0.05) is 30.0 Å². The summed E-state index contributed by atoms with van der Waals surface area (Å²) in [6, 6.07) is 2.42. The summed E-state index contributed by atoms with van der Waals surface area (Å²) in [6.07, 6.45) is -2.49. The summed E-state index contributed by atoms with van der Waals surface area (Å²) in [6.45, 7) is 6.97. The number of ether oxygens (including phenoxy) is 2. The Hall–Kier alpha value is -2.98. The summed E-state index contributed by atoms with van der Waals surface area (Å²) in [5.74, 6) is -1.43. The molecule has 2 heterocycles. The van der Waals surface area contributed by atoms with Crippen molar-refractivity contribution in [2.24, 2.45) is 0 Å². The molecule has 1 amide bonds. The molecule has 3 N–H and O–H groups in total. The Morgan fingerprint density at radius 1 is 1.16 bits per heavy atom. The van der Waals surface area contributed by atoms with Crippen molar-refractivity contribution in [1.29, 1.82) is 0 Å². The molecular weight excluding hydrogens is 586 g/mol. The maximum Gasteiger partial charge on any atom is 0.416 e. The third-order valence-electron chi connectivity index (χ3n) is 7.33. The molecule has 2 aliphatic carbocycles. The van der Waals surface area contributed by atoms with Gasteiger partial charge >= 0.3 is 6.09 Å². The SMILES string of the molecule is CCCSc1nc(N(C(=O)OC(C)(C)C)[C@@H]2C[C@H]2c2ccc(F)c(F)c2)c2nnn([C@@H]3C[C@H](OCCO)[C@@H](O)[C@H]3O)c2n1. The molecule has 6 atom stereocenters. The van der Waals surface area contributed by atoms with Crippen LogP contribution in [0.5, 0.6) is 0 Å². The summed E-state index contributed by atoms with van der Waals surface area (Å²) in [4.78, 5) is 24.5. The fourth-order valence-electron chi connectivity index (χ4n) is 5.28. The molecule has 234 valence electrons. The number of thioether (sulfide) groups is 1. The number of amides is 1. The normalized spacial score (nSPS) is 25.3. The van der Waals surface area contributed by atoms with Crippen molar-refractivity contribution < 1.29 is 38.4 Å². The van der Waals surface area contributed by atoms with Crippen molar-refractivity contribution in [3.8, 4) is 0 Å². The standard InChI is InChI=1S/C28H36F2N6O6S/c1-5-10-43-26-31-24(21-25(32-26)36(34-33-21)19-13-20(41-9-8-37)23(39)22(19)38)35(27(40)42-28(2,3)4)18-12-15(18)14-6-7-16(29)17(30)11-14/h6-7,11,15,18-20,22-23,37-39H,5,8-10,12-13H2,1-4H3/t15-,18+,19+,20-,22-,23+/m0/s1. The number of aliphatic hydroxyl groups excluding tert-OH is 3. The van der Waals surface area contributed by atoms with Crippen LogP contribution in [0.2, 0.25) is 0 Å². The van der Waals surface area contributed by atoms with E-state index in [1.54, 1.807) is 20.8 Å². The fourth-order valence-corrected chi connectivity index (χ4v) is 5.97. The van der Waals surface area contributed by atoms with Crippen LogP contribution in [0.25, 0.3) is 11.2 Å². The molecule has 1 aromatic carbocycles. The highest BCUT2D eigenvalue weighted by atomic mass is 32.2. The van der Waals surface area contributed by atoms with Crippen LogP contribution in [0.15, 0.2) is 23.4 Å². The molecule has 0 aliphatic heterocycles. The van der Waals surface area contributed by atoms with E-state index in [9.17, 15) is 23.8 Å². The Bertz CT molecular complexity index is 1470. The second kappa shape index (κ2) is 12.6. The Balaban J connectivity index is 1.58. The number of halogens is 2. The van der Waals surface area contributed by atoms with Crippen LogP contribution in [-0.4, -0.2) is 95.3 Å². The van der Waals surface area contributed by atoms with Gasteiger partial charge in [-0.05, 0) is 51.3 Å². The molecule has 0 bridgehead atoms. The van der Waals surface area contributed by atoms with Crippen LogP contribution in [0.4, 0.5) is 19.4 Å². The second-order valence-corrected chi connectivity index (χ2v) is 12.8. The molecule has 2 saturated carbocycles. The lowest BCUT2D eigenvalue weighted by Crippen LogP contribution is -2.39. The van der Waals surface area contributed by atoms with E-state index in [0.29, 0.717) is 22.9 Å². The van der Waals surface area contributed by atoms with Crippen LogP contribution in [-0.2, 0) is 9.47 Å². The number of hydrogen-bond acceptors (Lipinski definition) is 11. The van der Waals surface area contributed by atoms with Crippen molar-refractivity contribution in [2.45, 2.75) is 94.0 Å². The van der Waals surface area contributed by atoms with Gasteiger partial charge in [-0.25, -0.2) is 28.2 Å². The van der Waals surface area contributed by atoms with E-state index in [2.05, 4.69) is 15.3 Å². The number of carbonyl (C=O) groups excluding carboxylic acids is 1. The Kier molecular flexibility index (Phi) is 9.18. The average Bonchev–Trinajstić information content (AvgIpc) is 3.52. The third-order valence-corrected chi connectivity index (χ3v) is 8.39. The van der Waals surface area contributed by atoms with Crippen molar-refractivity contribution in [2.75, 3.05) is 23.9 Å². The predicted octanol–water partition coefficient (Wildman–Crippen LogP) is 3.34. The zero-order valence-electron chi connectivity index (χ0n) is 24.4. The van der Waals surface area contributed by atoms with Crippen molar-refractivity contribution in [3.05, 3.63) is 35.4 Å².